The van der Waals surface area contributed by atoms with E-state index in [1.54, 1.807) is 24.3 Å². The van der Waals surface area contributed by atoms with Crippen LogP contribution in [-0.4, -0.2) is 13.2 Å². The van der Waals surface area contributed by atoms with Gasteiger partial charge in [-0.3, -0.25) is 0 Å². The van der Waals surface area contributed by atoms with Crippen molar-refractivity contribution in [2.45, 2.75) is 6.42 Å². The quantitative estimate of drug-likeness (QED) is 0.688. The van der Waals surface area contributed by atoms with Crippen molar-refractivity contribution in [3.8, 4) is 17.6 Å². The molecule has 0 aliphatic carbocycles. The van der Waals surface area contributed by atoms with Crippen molar-refractivity contribution in [1.29, 1.82) is 5.26 Å². The summed E-state index contributed by atoms with van der Waals surface area (Å²) in [6.45, 7) is 1.02. The van der Waals surface area contributed by atoms with E-state index in [1.807, 2.05) is 18.2 Å². The number of hydrogen-bond acceptors (Lipinski definition) is 3. The van der Waals surface area contributed by atoms with E-state index in [0.29, 0.717) is 35.3 Å². The van der Waals surface area contributed by atoms with Gasteiger partial charge in [0.1, 0.15) is 11.5 Å². The van der Waals surface area contributed by atoms with Crippen LogP contribution in [0.5, 0.6) is 11.5 Å². The van der Waals surface area contributed by atoms with Gasteiger partial charge >= 0.3 is 0 Å². The van der Waals surface area contributed by atoms with Crippen molar-refractivity contribution in [2.75, 3.05) is 13.2 Å². The van der Waals surface area contributed by atoms with Crippen molar-refractivity contribution >= 4 is 27.5 Å². The molecule has 0 aliphatic rings. The average molecular weight is 367 g/mol. The van der Waals surface area contributed by atoms with E-state index in [4.69, 9.17) is 26.3 Å². The van der Waals surface area contributed by atoms with Crippen molar-refractivity contribution in [3.05, 3.63) is 57.5 Å². The van der Waals surface area contributed by atoms with Crippen LogP contribution < -0.4 is 9.47 Å². The van der Waals surface area contributed by atoms with Gasteiger partial charge in [-0.15, -0.1) is 0 Å². The normalized spacial score (nSPS) is 9.95. The molecule has 0 unspecified atom stereocenters. The van der Waals surface area contributed by atoms with Gasteiger partial charge in [-0.2, -0.15) is 5.26 Å². The van der Waals surface area contributed by atoms with Crippen molar-refractivity contribution in [2.24, 2.45) is 0 Å². The highest BCUT2D eigenvalue weighted by Crippen LogP contribution is 2.27. The first kappa shape index (κ1) is 15.7. The van der Waals surface area contributed by atoms with E-state index in [0.717, 1.165) is 10.9 Å². The molecule has 3 nitrogen and oxygen atoms in total. The first-order valence-corrected chi connectivity index (χ1v) is 7.57. The number of halogens is 2. The van der Waals surface area contributed by atoms with Crippen LogP contribution in [0.3, 0.4) is 0 Å². The van der Waals surface area contributed by atoms with E-state index in [-0.39, 0.29) is 0 Å². The Labute approximate surface area is 137 Å². The third kappa shape index (κ3) is 4.96. The lowest BCUT2D eigenvalue weighted by Crippen LogP contribution is -2.05. The highest BCUT2D eigenvalue weighted by Gasteiger charge is 2.02. The van der Waals surface area contributed by atoms with Crippen molar-refractivity contribution < 1.29 is 9.47 Å². The Balaban J connectivity index is 1.75. The largest absolute Gasteiger partial charge is 0.493 e. The molecule has 5 heteroatoms. The first-order chi connectivity index (χ1) is 10.2. The van der Waals surface area contributed by atoms with Crippen LogP contribution in [0, 0.1) is 11.3 Å². The number of ether oxygens (including phenoxy) is 2. The minimum Gasteiger partial charge on any atom is -0.493 e. The standard InChI is InChI=1S/C16H13BrClNO2/c17-13-5-6-15(18)16(10-13)21-8-2-7-20-14-4-1-3-12(9-14)11-19/h1,3-6,9-10H,2,7-8H2. The summed E-state index contributed by atoms with van der Waals surface area (Å²) in [7, 11) is 0. The third-order valence-corrected chi connectivity index (χ3v) is 3.48. The minimum atomic E-state index is 0.508. The molecule has 0 aromatic heterocycles. The second kappa shape index (κ2) is 7.92. The van der Waals surface area contributed by atoms with E-state index in [9.17, 15) is 0 Å². The molecule has 0 atom stereocenters. The zero-order chi connectivity index (χ0) is 15.1. The lowest BCUT2D eigenvalue weighted by atomic mass is 10.2. The predicted molar refractivity (Wildman–Crippen MR) is 85.9 cm³/mol. The smallest absolute Gasteiger partial charge is 0.139 e. The molecule has 0 N–H and O–H groups in total. The van der Waals surface area contributed by atoms with Gasteiger partial charge in [-0.05, 0) is 36.4 Å². The van der Waals surface area contributed by atoms with Crippen LogP contribution >= 0.6 is 27.5 Å². The second-order valence-corrected chi connectivity index (χ2v) is 5.59. The lowest BCUT2D eigenvalue weighted by molar-refractivity contribution is 0.247. The van der Waals surface area contributed by atoms with Gasteiger partial charge in [0.25, 0.3) is 0 Å². The Kier molecular flexibility index (Phi) is 5.91. The van der Waals surface area contributed by atoms with Gasteiger partial charge in [0.05, 0.1) is 29.9 Å². The minimum absolute atomic E-state index is 0.508. The Bertz CT molecular complexity index is 655. The molecule has 21 heavy (non-hydrogen) atoms. The number of rotatable bonds is 6. The molecular weight excluding hydrogens is 354 g/mol. The molecule has 0 aliphatic heterocycles. The van der Waals surface area contributed by atoms with Gasteiger partial charge < -0.3 is 9.47 Å². The molecule has 2 rings (SSSR count). The molecule has 0 spiro atoms. The van der Waals surface area contributed by atoms with Crippen molar-refractivity contribution in [3.63, 3.8) is 0 Å². The fourth-order valence-electron chi connectivity index (χ4n) is 1.67. The zero-order valence-electron chi connectivity index (χ0n) is 11.2. The summed E-state index contributed by atoms with van der Waals surface area (Å²) in [5.41, 5.74) is 0.588. The topological polar surface area (TPSA) is 42.2 Å². The van der Waals surface area contributed by atoms with Gasteiger partial charge in [0.2, 0.25) is 0 Å². The second-order valence-electron chi connectivity index (χ2n) is 4.26. The van der Waals surface area contributed by atoms with Gasteiger partial charge in [-0.25, -0.2) is 0 Å². The Morgan fingerprint density at radius 1 is 1.10 bits per heavy atom. The fraction of sp³-hybridized carbons (Fsp3) is 0.188. The summed E-state index contributed by atoms with van der Waals surface area (Å²) in [6.07, 6.45) is 0.722. The van der Waals surface area contributed by atoms with E-state index in [2.05, 4.69) is 22.0 Å². The first-order valence-electron chi connectivity index (χ1n) is 6.40. The summed E-state index contributed by atoms with van der Waals surface area (Å²) in [5.74, 6) is 1.34. The van der Waals surface area contributed by atoms with Crippen LogP contribution in [0.15, 0.2) is 46.9 Å². The summed E-state index contributed by atoms with van der Waals surface area (Å²) >= 11 is 9.40. The molecular formula is C16H13BrClNO2. The monoisotopic (exact) mass is 365 g/mol. The summed E-state index contributed by atoms with van der Waals surface area (Å²) in [6, 6.07) is 14.6. The molecule has 0 amide bonds. The predicted octanol–water partition coefficient (Wildman–Crippen LogP) is 4.82. The summed E-state index contributed by atoms with van der Waals surface area (Å²) in [4.78, 5) is 0. The maximum atomic E-state index is 8.80. The summed E-state index contributed by atoms with van der Waals surface area (Å²) in [5, 5.41) is 9.39. The Morgan fingerprint density at radius 2 is 1.90 bits per heavy atom. The highest BCUT2D eigenvalue weighted by atomic mass is 79.9. The number of nitrogens with zero attached hydrogens (tertiary/aromatic N) is 1. The number of nitriles is 1. The van der Waals surface area contributed by atoms with Crippen LogP contribution in [0.4, 0.5) is 0 Å². The SMILES string of the molecule is N#Cc1cccc(OCCCOc2cc(Br)ccc2Cl)c1. The molecule has 0 saturated heterocycles. The van der Waals surface area contributed by atoms with Crippen LogP contribution in [0.1, 0.15) is 12.0 Å². The van der Waals surface area contributed by atoms with Gasteiger partial charge in [0, 0.05) is 10.9 Å². The van der Waals surface area contributed by atoms with Gasteiger partial charge in [0.15, 0.2) is 0 Å². The van der Waals surface area contributed by atoms with Crippen LogP contribution in [0.25, 0.3) is 0 Å². The Hall–Kier alpha value is -1.70. The maximum absolute atomic E-state index is 8.80. The van der Waals surface area contributed by atoms with E-state index < -0.39 is 0 Å². The summed E-state index contributed by atoms with van der Waals surface area (Å²) < 4.78 is 12.1. The molecule has 0 heterocycles. The fourth-order valence-corrected chi connectivity index (χ4v) is 2.19. The molecule has 0 bridgehead atoms. The molecule has 2 aromatic rings. The van der Waals surface area contributed by atoms with E-state index in [1.165, 1.54) is 0 Å². The molecule has 2 aromatic carbocycles. The van der Waals surface area contributed by atoms with Crippen LogP contribution in [0.2, 0.25) is 5.02 Å². The number of benzene rings is 2. The highest BCUT2D eigenvalue weighted by molar-refractivity contribution is 9.10. The third-order valence-electron chi connectivity index (χ3n) is 2.67. The average Bonchev–Trinajstić information content (AvgIpc) is 2.50. The molecule has 0 fully saturated rings. The van der Waals surface area contributed by atoms with E-state index >= 15 is 0 Å². The van der Waals surface area contributed by atoms with Crippen LogP contribution in [-0.2, 0) is 0 Å². The maximum Gasteiger partial charge on any atom is 0.139 e. The lowest BCUT2D eigenvalue weighted by Gasteiger charge is -2.09. The zero-order valence-corrected chi connectivity index (χ0v) is 13.5. The van der Waals surface area contributed by atoms with Gasteiger partial charge in [-0.1, -0.05) is 33.6 Å². The Morgan fingerprint density at radius 3 is 2.71 bits per heavy atom. The molecule has 0 saturated carbocycles. The molecule has 108 valence electrons. The molecule has 0 radical (unpaired) electrons. The number of hydrogen-bond donors (Lipinski definition) is 0. The van der Waals surface area contributed by atoms with Crippen molar-refractivity contribution in [1.82, 2.24) is 0 Å².